The van der Waals surface area contributed by atoms with Gasteiger partial charge in [0.25, 0.3) is 0 Å². The van der Waals surface area contributed by atoms with Crippen LogP contribution in [-0.2, 0) is 4.79 Å². The van der Waals surface area contributed by atoms with Crippen LogP contribution in [0.15, 0.2) is 12.2 Å². The third-order valence-electron chi connectivity index (χ3n) is 4.52. The summed E-state index contributed by atoms with van der Waals surface area (Å²) in [6.45, 7) is 6.25. The smallest absolute Gasteiger partial charge is 0.327 e. The lowest BCUT2D eigenvalue weighted by Gasteiger charge is -2.03. The number of allylic oxidation sites excluding steroid dienone is 1. The van der Waals surface area contributed by atoms with Gasteiger partial charge in [-0.3, -0.25) is 0 Å². The molecule has 0 fully saturated rings. The van der Waals surface area contributed by atoms with Crippen molar-refractivity contribution in [2.45, 2.75) is 130 Å². The summed E-state index contributed by atoms with van der Waals surface area (Å²) in [5.74, 6) is -0.891. The summed E-state index contributed by atoms with van der Waals surface area (Å²) in [7, 11) is 0. The molecule has 158 valence electrons. The van der Waals surface area contributed by atoms with Crippen molar-refractivity contribution in [1.29, 1.82) is 0 Å². The van der Waals surface area contributed by atoms with Crippen molar-refractivity contribution in [2.75, 3.05) is 0 Å². The highest BCUT2D eigenvalue weighted by Crippen LogP contribution is 2.13. The number of carboxylic acids is 1. The van der Waals surface area contributed by atoms with Gasteiger partial charge in [0.2, 0.25) is 0 Å². The Hall–Kier alpha value is -0.830. The third-order valence-corrected chi connectivity index (χ3v) is 4.52. The number of hydrogen-bond acceptors (Lipinski definition) is 1. The van der Waals surface area contributed by atoms with E-state index < -0.39 is 5.97 Å². The lowest BCUT2D eigenvalue weighted by molar-refractivity contribution is -0.131. The molecule has 0 aliphatic heterocycles. The van der Waals surface area contributed by atoms with Gasteiger partial charge < -0.3 is 10.6 Å². The van der Waals surface area contributed by atoms with Crippen molar-refractivity contribution in [3.05, 3.63) is 12.2 Å². The molecule has 0 aliphatic carbocycles. The van der Waals surface area contributed by atoms with Crippen molar-refractivity contribution >= 4 is 5.97 Å². The van der Waals surface area contributed by atoms with E-state index >= 15 is 0 Å². The monoisotopic (exact) mass is 372 g/mol. The Balaban J connectivity index is -0.000000649. The largest absolute Gasteiger partial charge is 0.478 e. The van der Waals surface area contributed by atoms with Crippen LogP contribution in [0.1, 0.15) is 130 Å². The molecule has 3 heteroatoms. The minimum absolute atomic E-state index is 0. The van der Waals surface area contributed by atoms with Crippen LogP contribution >= 0.6 is 0 Å². The molecule has 0 spiro atoms. The van der Waals surface area contributed by atoms with Gasteiger partial charge in [-0.1, -0.05) is 129 Å². The van der Waals surface area contributed by atoms with Crippen molar-refractivity contribution in [3.8, 4) is 0 Å². The maximum absolute atomic E-state index is 9.51. The number of rotatable bonds is 17. The normalized spacial score (nSPS) is 10.3. The molecule has 26 heavy (non-hydrogen) atoms. The fraction of sp³-hybridized carbons (Fsp3) is 0.870. The highest BCUT2D eigenvalue weighted by Gasteiger charge is 1.94. The average molecular weight is 373 g/mol. The zero-order chi connectivity index (χ0) is 19.0. The van der Waals surface area contributed by atoms with E-state index in [9.17, 15) is 4.79 Å². The number of unbranched alkanes of at least 4 members (excludes halogenated alkanes) is 16. The molecule has 0 radical (unpaired) electrons. The van der Waals surface area contributed by atoms with Crippen molar-refractivity contribution in [1.82, 2.24) is 0 Å². The second-order valence-electron chi connectivity index (χ2n) is 7.14. The second kappa shape index (κ2) is 29.0. The highest BCUT2D eigenvalue weighted by molar-refractivity contribution is 5.79. The van der Waals surface area contributed by atoms with E-state index in [-0.39, 0.29) is 5.48 Å². The third kappa shape index (κ3) is 34.5. The molecule has 0 atom stereocenters. The minimum atomic E-state index is -0.891. The summed E-state index contributed by atoms with van der Waals surface area (Å²) in [4.78, 5) is 9.51. The van der Waals surface area contributed by atoms with Crippen LogP contribution in [0, 0.1) is 0 Å². The molecule has 0 unspecified atom stereocenters. The molecule has 0 heterocycles. The molecular weight excluding hydrogens is 324 g/mol. The van der Waals surface area contributed by atoms with Gasteiger partial charge in [0.1, 0.15) is 0 Å². The summed E-state index contributed by atoms with van der Waals surface area (Å²) in [5.41, 5.74) is 0. The molecule has 3 nitrogen and oxygen atoms in total. The Morgan fingerprint density at radius 2 is 0.846 bits per heavy atom. The predicted molar refractivity (Wildman–Crippen MR) is 116 cm³/mol. The van der Waals surface area contributed by atoms with Gasteiger partial charge in [-0.25, -0.2) is 4.79 Å². The number of carbonyl (C=O) groups is 1. The van der Waals surface area contributed by atoms with Gasteiger partial charge in [0, 0.05) is 6.08 Å². The Morgan fingerprint density at radius 1 is 0.615 bits per heavy atom. The van der Waals surface area contributed by atoms with Crippen molar-refractivity contribution in [3.63, 3.8) is 0 Å². The molecule has 0 aromatic heterocycles. The van der Waals surface area contributed by atoms with E-state index in [4.69, 9.17) is 5.11 Å². The molecule has 0 rings (SSSR count). The molecular formula is C23H48O3. The molecule has 0 bridgehead atoms. The Bertz CT molecular complexity index is 259. The van der Waals surface area contributed by atoms with Gasteiger partial charge in [0.05, 0.1) is 0 Å². The van der Waals surface area contributed by atoms with E-state index in [0.717, 1.165) is 6.08 Å². The first-order chi connectivity index (χ1) is 12.2. The molecule has 0 saturated heterocycles. The minimum Gasteiger partial charge on any atom is -0.478 e. The van der Waals surface area contributed by atoms with Crippen LogP contribution < -0.4 is 0 Å². The van der Waals surface area contributed by atoms with E-state index in [1.54, 1.807) is 6.92 Å². The van der Waals surface area contributed by atoms with Crippen LogP contribution in [0.5, 0.6) is 0 Å². The topological polar surface area (TPSA) is 68.8 Å². The van der Waals surface area contributed by atoms with Crippen LogP contribution in [-0.4, -0.2) is 16.6 Å². The lowest BCUT2D eigenvalue weighted by atomic mass is 10.0. The summed E-state index contributed by atoms with van der Waals surface area (Å²) < 4.78 is 0. The van der Waals surface area contributed by atoms with Crippen LogP contribution in [0.3, 0.4) is 0 Å². The van der Waals surface area contributed by atoms with E-state index in [1.807, 2.05) is 0 Å². The summed E-state index contributed by atoms with van der Waals surface area (Å²) in [5, 5.41) is 7.83. The molecule has 0 amide bonds. The average Bonchev–Trinajstić information content (AvgIpc) is 2.59. The first-order valence-corrected chi connectivity index (χ1v) is 11.0. The van der Waals surface area contributed by atoms with E-state index in [2.05, 4.69) is 13.8 Å². The molecule has 0 saturated carbocycles. The summed E-state index contributed by atoms with van der Waals surface area (Å²) in [6, 6.07) is 0. The Kier molecular flexibility index (Phi) is 33.3. The quantitative estimate of drug-likeness (QED) is 0.212. The van der Waals surface area contributed by atoms with E-state index in [0.29, 0.717) is 0 Å². The maximum atomic E-state index is 9.51. The van der Waals surface area contributed by atoms with Gasteiger partial charge in [-0.2, -0.15) is 0 Å². The van der Waals surface area contributed by atoms with E-state index in [1.165, 1.54) is 115 Å². The van der Waals surface area contributed by atoms with Crippen LogP contribution in [0.25, 0.3) is 0 Å². The van der Waals surface area contributed by atoms with Gasteiger partial charge >= 0.3 is 5.97 Å². The summed E-state index contributed by atoms with van der Waals surface area (Å²) in [6.07, 6.45) is 27.5. The fourth-order valence-electron chi connectivity index (χ4n) is 2.94. The van der Waals surface area contributed by atoms with Gasteiger partial charge in [0.15, 0.2) is 0 Å². The summed E-state index contributed by atoms with van der Waals surface area (Å²) >= 11 is 0. The first-order valence-electron chi connectivity index (χ1n) is 11.0. The van der Waals surface area contributed by atoms with Gasteiger partial charge in [-0.15, -0.1) is 0 Å². The SMILES string of the molecule is CC=CC(=O)O.CCCCCCCCCCCCCCCCCCC.O. The number of aliphatic carboxylic acids is 1. The Labute approximate surface area is 164 Å². The maximum Gasteiger partial charge on any atom is 0.327 e. The molecule has 0 aromatic rings. The standard InChI is InChI=1S/C19H40.C4H6O2.H2O/c1-3-5-7-9-11-13-15-17-19-18-16-14-12-10-8-6-4-2;1-2-3-4(5)6;/h3-19H2,1-2H3;2-3H,1H3,(H,5,6);1H2. The fourth-order valence-corrected chi connectivity index (χ4v) is 2.94. The number of carboxylic acid groups (broad SMARTS) is 1. The zero-order valence-corrected chi connectivity index (χ0v) is 18.0. The molecule has 0 aliphatic rings. The highest BCUT2D eigenvalue weighted by atomic mass is 16.4. The predicted octanol–water partition coefficient (Wildman–Crippen LogP) is 7.48. The van der Waals surface area contributed by atoms with Crippen molar-refractivity contribution in [2.24, 2.45) is 0 Å². The van der Waals surface area contributed by atoms with Crippen LogP contribution in [0.4, 0.5) is 0 Å². The second-order valence-corrected chi connectivity index (χ2v) is 7.14. The number of hydrogen-bond donors (Lipinski definition) is 1. The zero-order valence-electron chi connectivity index (χ0n) is 18.0. The molecule has 3 N–H and O–H groups in total. The first kappa shape index (κ1) is 29.9. The lowest BCUT2D eigenvalue weighted by Crippen LogP contribution is -1.83. The Morgan fingerprint density at radius 3 is 0.962 bits per heavy atom. The van der Waals surface area contributed by atoms with Gasteiger partial charge in [-0.05, 0) is 6.92 Å². The van der Waals surface area contributed by atoms with Crippen LogP contribution in [0.2, 0.25) is 0 Å². The molecule has 0 aromatic carbocycles. The van der Waals surface area contributed by atoms with Crippen molar-refractivity contribution < 1.29 is 15.4 Å².